The van der Waals surface area contributed by atoms with Crippen LogP contribution in [-0.2, 0) is 0 Å². The molecule has 0 fully saturated rings. The summed E-state index contributed by atoms with van der Waals surface area (Å²) in [5.74, 6) is 1.90. The maximum Gasteiger partial charge on any atom is 0.164 e. The van der Waals surface area contributed by atoms with Crippen LogP contribution < -0.4 is 5.19 Å². The first-order valence-electron chi connectivity index (χ1n) is 17.8. The van der Waals surface area contributed by atoms with E-state index >= 15 is 0 Å². The Morgan fingerprint density at radius 2 is 0.654 bits per heavy atom. The normalized spacial score (nSPS) is 11.4. The molecule has 0 saturated carbocycles. The van der Waals surface area contributed by atoms with Crippen molar-refractivity contribution in [3.8, 4) is 78.7 Å². The van der Waals surface area contributed by atoms with Crippen LogP contribution in [0.4, 0.5) is 0 Å². The molecule has 0 spiro atoms. The molecule has 3 nitrogen and oxygen atoms in total. The molecule has 0 radical (unpaired) electrons. The lowest BCUT2D eigenvalue weighted by Crippen LogP contribution is -2.37. The summed E-state index contributed by atoms with van der Waals surface area (Å²) in [5.41, 5.74) is 12.0. The minimum absolute atomic E-state index is 0.632. The Bertz CT molecular complexity index is 2480. The van der Waals surface area contributed by atoms with E-state index in [2.05, 4.69) is 183 Å². The third-order valence-corrected chi connectivity index (χ3v) is 11.6. The molecule has 0 unspecified atom stereocenters. The molecule has 0 aliphatic carbocycles. The zero-order valence-corrected chi connectivity index (χ0v) is 30.7. The Morgan fingerprint density at radius 1 is 0.288 bits per heavy atom. The molecule has 0 N–H and O–H groups in total. The van der Waals surface area contributed by atoms with Crippen molar-refractivity contribution in [2.24, 2.45) is 0 Å². The number of benzene rings is 7. The van der Waals surface area contributed by atoms with E-state index in [1.807, 2.05) is 18.2 Å². The second-order valence-corrected chi connectivity index (χ2v) is 19.2. The first-order valence-corrected chi connectivity index (χ1v) is 21.3. The van der Waals surface area contributed by atoms with Crippen LogP contribution in [0.3, 0.4) is 0 Å². The summed E-state index contributed by atoms with van der Waals surface area (Å²) in [5, 5.41) is 1.47. The van der Waals surface area contributed by atoms with Crippen molar-refractivity contribution in [2.75, 3.05) is 0 Å². The smallest absolute Gasteiger partial charge is 0.164 e. The summed E-state index contributed by atoms with van der Waals surface area (Å²) < 4.78 is 0. The lowest BCUT2D eigenvalue weighted by atomic mass is 9.97. The molecule has 1 heterocycles. The van der Waals surface area contributed by atoms with Gasteiger partial charge < -0.3 is 0 Å². The van der Waals surface area contributed by atoms with Gasteiger partial charge in [0.1, 0.15) is 0 Å². The van der Waals surface area contributed by atoms with E-state index in [9.17, 15) is 0 Å². The molecule has 0 amide bonds. The van der Waals surface area contributed by atoms with Gasteiger partial charge in [-0.15, -0.1) is 0 Å². The third-order valence-electron chi connectivity index (χ3n) is 9.52. The second-order valence-electron chi connectivity index (χ2n) is 14.2. The molecule has 1 aromatic heterocycles. The Labute approximate surface area is 307 Å². The average Bonchev–Trinajstić information content (AvgIpc) is 3.21. The van der Waals surface area contributed by atoms with Crippen LogP contribution in [0, 0.1) is 0 Å². The van der Waals surface area contributed by atoms with Crippen molar-refractivity contribution in [3.63, 3.8) is 0 Å². The van der Waals surface area contributed by atoms with Gasteiger partial charge >= 0.3 is 0 Å². The average molecular weight is 686 g/mol. The summed E-state index contributed by atoms with van der Waals surface area (Å²) in [4.78, 5) is 15.5. The molecule has 4 heteroatoms. The zero-order valence-electron chi connectivity index (χ0n) is 29.7. The maximum absolute atomic E-state index is 5.18. The summed E-state index contributed by atoms with van der Waals surface area (Å²) in [6.45, 7) is 7.16. The maximum atomic E-state index is 5.18. The van der Waals surface area contributed by atoms with Gasteiger partial charge in [0.05, 0.1) is 8.07 Å². The minimum atomic E-state index is -1.37. The number of rotatable bonds is 8. The second kappa shape index (κ2) is 14.2. The summed E-state index contributed by atoms with van der Waals surface area (Å²) in [7, 11) is -1.37. The van der Waals surface area contributed by atoms with Gasteiger partial charge in [0.15, 0.2) is 17.5 Å². The third kappa shape index (κ3) is 7.02. The van der Waals surface area contributed by atoms with Gasteiger partial charge in [-0.1, -0.05) is 189 Å². The van der Waals surface area contributed by atoms with E-state index in [1.165, 1.54) is 16.3 Å². The van der Waals surface area contributed by atoms with Crippen LogP contribution in [0.1, 0.15) is 0 Å². The number of nitrogens with zero attached hydrogens (tertiary/aromatic N) is 3. The molecule has 8 aromatic rings. The molecular weight excluding hydrogens is 647 g/mol. The summed E-state index contributed by atoms with van der Waals surface area (Å²) in [6, 6.07) is 64.1. The van der Waals surface area contributed by atoms with Gasteiger partial charge in [0, 0.05) is 16.7 Å². The van der Waals surface area contributed by atoms with Crippen molar-refractivity contribution in [3.05, 3.63) is 182 Å². The van der Waals surface area contributed by atoms with E-state index in [1.54, 1.807) is 0 Å². The fourth-order valence-electron chi connectivity index (χ4n) is 6.65. The van der Waals surface area contributed by atoms with E-state index in [0.717, 1.165) is 50.1 Å². The highest BCUT2D eigenvalue weighted by Crippen LogP contribution is 2.34. The molecule has 7 aromatic carbocycles. The van der Waals surface area contributed by atoms with Crippen LogP contribution in [0.5, 0.6) is 0 Å². The Morgan fingerprint density at radius 3 is 1.17 bits per heavy atom. The molecule has 0 atom stereocenters. The topological polar surface area (TPSA) is 38.7 Å². The van der Waals surface area contributed by atoms with Crippen molar-refractivity contribution in [1.82, 2.24) is 15.0 Å². The molecular formula is C48H39N3Si. The quantitative estimate of drug-likeness (QED) is 0.149. The molecule has 52 heavy (non-hydrogen) atoms. The van der Waals surface area contributed by atoms with Gasteiger partial charge in [0.2, 0.25) is 0 Å². The first kappa shape index (κ1) is 32.9. The fraction of sp³-hybridized carbons (Fsp3) is 0.0625. The summed E-state index contributed by atoms with van der Waals surface area (Å²) >= 11 is 0. The van der Waals surface area contributed by atoms with E-state index < -0.39 is 8.07 Å². The van der Waals surface area contributed by atoms with Crippen LogP contribution in [0.15, 0.2) is 182 Å². The molecule has 0 saturated heterocycles. The van der Waals surface area contributed by atoms with Crippen molar-refractivity contribution in [2.45, 2.75) is 19.6 Å². The Kier molecular flexibility index (Phi) is 8.98. The van der Waals surface area contributed by atoms with Gasteiger partial charge in [-0.2, -0.15) is 0 Å². The molecule has 250 valence electrons. The SMILES string of the molecule is C[Si](C)(C)c1ccc(-c2cccc(-c3cccc(-c4nc(-c5cccc(-c6ccccc6)c5)nc(-c5ccccc5-c5ccccc5)n4)c3)c2)cc1. The first-order chi connectivity index (χ1) is 25.4. The predicted octanol–water partition coefficient (Wildman–Crippen LogP) is 12.1. The monoisotopic (exact) mass is 685 g/mol. The van der Waals surface area contributed by atoms with Gasteiger partial charge in [0.25, 0.3) is 0 Å². The van der Waals surface area contributed by atoms with Gasteiger partial charge in [-0.05, 0) is 62.7 Å². The lowest BCUT2D eigenvalue weighted by molar-refractivity contribution is 1.07. The largest absolute Gasteiger partial charge is 0.208 e. The van der Waals surface area contributed by atoms with Gasteiger partial charge in [-0.3, -0.25) is 0 Å². The molecule has 0 bridgehead atoms. The molecule has 0 aliphatic rings. The zero-order chi connectivity index (χ0) is 35.5. The standard InChI is InChI=1S/C48H39N3Si/c1-52(2,3)43-29-27-35(28-30-43)37-19-12-21-39(31-37)40-22-14-24-42(33-40)47-49-46(41-23-13-20-38(32-41)34-15-6-4-7-16-34)50-48(51-47)45-26-11-10-25-44(45)36-17-8-5-9-18-36/h4-33H,1-3H3. The Balaban J connectivity index is 1.24. The highest BCUT2D eigenvalue weighted by molar-refractivity contribution is 6.88. The summed E-state index contributed by atoms with van der Waals surface area (Å²) in [6.07, 6.45) is 0. The number of hydrogen-bond donors (Lipinski definition) is 0. The fourth-order valence-corrected chi connectivity index (χ4v) is 7.82. The molecule has 8 rings (SSSR count). The van der Waals surface area contributed by atoms with Crippen LogP contribution >= 0.6 is 0 Å². The van der Waals surface area contributed by atoms with Crippen LogP contribution in [-0.4, -0.2) is 23.0 Å². The highest BCUT2D eigenvalue weighted by Gasteiger charge is 2.18. The van der Waals surface area contributed by atoms with E-state index in [4.69, 9.17) is 15.0 Å². The highest BCUT2D eigenvalue weighted by atomic mass is 28.3. The lowest BCUT2D eigenvalue weighted by Gasteiger charge is -2.17. The minimum Gasteiger partial charge on any atom is -0.208 e. The number of hydrogen-bond acceptors (Lipinski definition) is 3. The van der Waals surface area contributed by atoms with Crippen molar-refractivity contribution in [1.29, 1.82) is 0 Å². The van der Waals surface area contributed by atoms with E-state index in [-0.39, 0.29) is 0 Å². The Hall–Kier alpha value is -6.23. The van der Waals surface area contributed by atoms with Crippen LogP contribution in [0.2, 0.25) is 19.6 Å². The van der Waals surface area contributed by atoms with Crippen LogP contribution in [0.25, 0.3) is 78.7 Å². The predicted molar refractivity (Wildman–Crippen MR) is 221 cm³/mol. The molecule has 0 aliphatic heterocycles. The number of aromatic nitrogens is 3. The van der Waals surface area contributed by atoms with Gasteiger partial charge in [-0.25, -0.2) is 15.0 Å². The van der Waals surface area contributed by atoms with Crippen molar-refractivity contribution >= 4 is 13.3 Å². The van der Waals surface area contributed by atoms with Crippen molar-refractivity contribution < 1.29 is 0 Å². The van der Waals surface area contributed by atoms with E-state index in [0.29, 0.717) is 17.5 Å².